The molecule has 4 bridgehead atoms. The first-order chi connectivity index (χ1) is 13.4. The van der Waals surface area contributed by atoms with Gasteiger partial charge < -0.3 is 9.99 Å². The Bertz CT molecular complexity index is 684. The van der Waals surface area contributed by atoms with Crippen molar-refractivity contribution < 1.29 is 36.9 Å². The van der Waals surface area contributed by atoms with Gasteiger partial charge in [0.15, 0.2) is 23.3 Å². The lowest BCUT2D eigenvalue weighted by Gasteiger charge is -2.56. The van der Waals surface area contributed by atoms with Gasteiger partial charge in [-0.3, -0.25) is 5.04 Å². The smallest absolute Gasteiger partial charge is 0.179 e. The second-order valence-electron chi connectivity index (χ2n) is 7.93. The first kappa shape index (κ1) is 20.7. The van der Waals surface area contributed by atoms with Crippen molar-refractivity contribution in [3.05, 3.63) is 23.3 Å². The molecule has 0 heterocycles. The van der Waals surface area contributed by atoms with Crippen molar-refractivity contribution in [3.63, 3.8) is 0 Å². The molecule has 0 aromatic heterocycles. The van der Waals surface area contributed by atoms with Crippen LogP contribution in [-0.2, 0) is 14.1 Å². The third-order valence-electron chi connectivity index (χ3n) is 6.05. The molecule has 28 heavy (non-hydrogen) atoms. The van der Waals surface area contributed by atoms with E-state index < -0.39 is 33.1 Å². The van der Waals surface area contributed by atoms with Crippen molar-refractivity contribution in [1.29, 1.82) is 0 Å². The van der Waals surface area contributed by atoms with Gasteiger partial charge in [0.1, 0.15) is 4.90 Å². The van der Waals surface area contributed by atoms with Crippen LogP contribution < -0.4 is 5.26 Å². The molecule has 0 aliphatic heterocycles. The quantitative estimate of drug-likeness (QED) is 0.113. The molecule has 1 aromatic carbocycles. The van der Waals surface area contributed by atoms with E-state index in [0.29, 0.717) is 29.5 Å². The van der Waals surface area contributed by atoms with E-state index in [1.165, 1.54) is 19.3 Å². The lowest BCUT2D eigenvalue weighted by atomic mass is 9.54. The zero-order chi connectivity index (χ0) is 19.9. The van der Waals surface area contributed by atoms with E-state index in [9.17, 15) is 22.8 Å². The minimum Gasteiger partial charge on any atom is -0.691 e. The predicted octanol–water partition coefficient (Wildman–Crippen LogP) is 4.55. The van der Waals surface area contributed by atoms with Crippen LogP contribution in [-0.4, -0.2) is 18.0 Å². The molecule has 4 aliphatic rings. The van der Waals surface area contributed by atoms with Crippen molar-refractivity contribution in [2.75, 3.05) is 12.4 Å². The Morgan fingerprint density at radius 1 is 0.857 bits per heavy atom. The van der Waals surface area contributed by atoms with E-state index in [1.54, 1.807) is 0 Å². The molecule has 4 nitrogen and oxygen atoms in total. The van der Waals surface area contributed by atoms with Crippen LogP contribution in [0.5, 0.6) is 0 Å². The van der Waals surface area contributed by atoms with Gasteiger partial charge in [-0.1, -0.05) is 0 Å². The highest BCUT2D eigenvalue weighted by Crippen LogP contribution is 2.57. The first-order valence-corrected chi connectivity index (χ1v) is 10.9. The highest BCUT2D eigenvalue weighted by molar-refractivity contribution is 7.99. The number of rotatable bonds is 8. The van der Waals surface area contributed by atoms with Gasteiger partial charge in [0.2, 0.25) is 0 Å². The van der Waals surface area contributed by atoms with Gasteiger partial charge in [-0.05, 0) is 56.3 Å². The Labute approximate surface area is 168 Å². The highest BCUT2D eigenvalue weighted by atomic mass is 32.2. The first-order valence-electron chi connectivity index (χ1n) is 9.18. The summed E-state index contributed by atoms with van der Waals surface area (Å²) < 4.78 is 66.1. The molecule has 0 atom stereocenters. The number of halogens is 4. The van der Waals surface area contributed by atoms with Crippen LogP contribution in [0.3, 0.4) is 0 Å². The summed E-state index contributed by atoms with van der Waals surface area (Å²) in [7, 11) is 0. The van der Waals surface area contributed by atoms with Crippen LogP contribution in [0.2, 0.25) is 0 Å². The third kappa shape index (κ3) is 3.91. The fraction of sp³-hybridized carbons (Fsp3) is 0.667. The van der Waals surface area contributed by atoms with Crippen LogP contribution in [0.25, 0.3) is 0 Å². The molecule has 0 N–H and O–H groups in total. The van der Waals surface area contributed by atoms with E-state index in [1.807, 2.05) is 0 Å². The molecule has 4 saturated carbocycles. The number of benzene rings is 1. The van der Waals surface area contributed by atoms with Gasteiger partial charge in [-0.25, -0.2) is 17.6 Å². The zero-order valence-corrected chi connectivity index (χ0v) is 16.5. The van der Waals surface area contributed by atoms with Gasteiger partial charge in [0.05, 0.1) is 29.1 Å². The SMILES string of the molecule is [O-]OOSc1c(F)c(F)c(SCCOC23CC4CC(CC(C4)C2)C3)c(F)c1F. The van der Waals surface area contributed by atoms with Crippen LogP contribution >= 0.6 is 23.8 Å². The normalized spacial score (nSPS) is 31.0. The molecule has 0 saturated heterocycles. The lowest BCUT2D eigenvalue weighted by Crippen LogP contribution is -2.52. The maximum absolute atomic E-state index is 14.1. The van der Waals surface area contributed by atoms with E-state index in [4.69, 9.17) is 4.74 Å². The van der Waals surface area contributed by atoms with Crippen LogP contribution in [0, 0.1) is 41.0 Å². The van der Waals surface area contributed by atoms with Gasteiger partial charge in [0.25, 0.3) is 0 Å². The summed E-state index contributed by atoms with van der Waals surface area (Å²) >= 11 is 0.438. The van der Waals surface area contributed by atoms with Crippen LogP contribution in [0.1, 0.15) is 38.5 Å². The maximum Gasteiger partial charge on any atom is 0.179 e. The molecule has 4 aliphatic carbocycles. The number of thioether (sulfide) groups is 1. The summed E-state index contributed by atoms with van der Waals surface area (Å²) in [6.45, 7) is 0.253. The largest absolute Gasteiger partial charge is 0.691 e. The van der Waals surface area contributed by atoms with Crippen molar-refractivity contribution in [2.24, 2.45) is 17.8 Å². The van der Waals surface area contributed by atoms with E-state index in [2.05, 4.69) is 9.37 Å². The van der Waals surface area contributed by atoms with Crippen molar-refractivity contribution >= 4 is 23.8 Å². The minimum atomic E-state index is -1.63. The lowest BCUT2D eigenvalue weighted by molar-refractivity contribution is -0.777. The van der Waals surface area contributed by atoms with Crippen LogP contribution in [0.4, 0.5) is 17.6 Å². The Balaban J connectivity index is 1.38. The molecule has 1 aromatic rings. The predicted molar refractivity (Wildman–Crippen MR) is 91.9 cm³/mol. The van der Waals surface area contributed by atoms with Crippen LogP contribution in [0.15, 0.2) is 9.79 Å². The molecular weight excluding hydrogens is 420 g/mol. The zero-order valence-electron chi connectivity index (χ0n) is 14.9. The van der Waals surface area contributed by atoms with Gasteiger partial charge in [-0.15, -0.1) is 11.8 Å². The summed E-state index contributed by atoms with van der Waals surface area (Å²) in [6, 6.07) is 0. The molecule has 0 unspecified atom stereocenters. The van der Waals surface area contributed by atoms with Gasteiger partial charge in [-0.2, -0.15) is 4.33 Å². The maximum atomic E-state index is 14.1. The average molecular weight is 439 g/mol. The molecule has 156 valence electrons. The fourth-order valence-corrected chi connectivity index (χ4v) is 6.67. The molecule has 0 spiro atoms. The summed E-state index contributed by atoms with van der Waals surface area (Å²) in [5.74, 6) is -4.03. The monoisotopic (exact) mass is 439 g/mol. The summed E-state index contributed by atoms with van der Waals surface area (Å²) in [5, 5.41) is 12.7. The summed E-state index contributed by atoms with van der Waals surface area (Å²) in [4.78, 5) is -1.86. The molecule has 5 rings (SSSR count). The third-order valence-corrected chi connectivity index (χ3v) is 7.71. The molecule has 0 radical (unpaired) electrons. The van der Waals surface area contributed by atoms with E-state index in [0.717, 1.165) is 19.3 Å². The number of hydrogen-bond donors (Lipinski definition) is 0. The van der Waals surface area contributed by atoms with Gasteiger partial charge in [0, 0.05) is 5.75 Å². The van der Waals surface area contributed by atoms with Crippen molar-refractivity contribution in [3.8, 4) is 0 Å². The Morgan fingerprint density at radius 2 is 1.36 bits per heavy atom. The summed E-state index contributed by atoms with van der Waals surface area (Å²) in [5.41, 5.74) is -0.140. The fourth-order valence-electron chi connectivity index (χ4n) is 5.45. The Morgan fingerprint density at radius 3 is 1.86 bits per heavy atom. The standard InChI is InChI=1S/C18H20F4O4S2/c19-12-14(21)17(28-26-25-23)15(22)13(20)16(12)27-2-1-24-18-6-9-3-10(7-18)5-11(4-9)8-18/h9-11,23H,1-8H2/p-1. The molecule has 10 heteroatoms. The number of hydrogen-bond acceptors (Lipinski definition) is 6. The molecule has 4 fully saturated rings. The summed E-state index contributed by atoms with van der Waals surface area (Å²) in [6.07, 6.45) is 6.92. The highest BCUT2D eigenvalue weighted by Gasteiger charge is 2.51. The average Bonchev–Trinajstić information content (AvgIpc) is 2.65. The minimum absolute atomic E-state index is 0.140. The van der Waals surface area contributed by atoms with E-state index >= 15 is 0 Å². The van der Waals surface area contributed by atoms with E-state index in [-0.39, 0.29) is 30.0 Å². The molecule has 0 amide bonds. The second-order valence-corrected chi connectivity index (χ2v) is 9.75. The second kappa shape index (κ2) is 8.31. The Hall–Kier alpha value is -0.520. The van der Waals surface area contributed by atoms with Crippen molar-refractivity contribution in [1.82, 2.24) is 0 Å². The number of ether oxygens (including phenoxy) is 1. The van der Waals surface area contributed by atoms with Gasteiger partial charge >= 0.3 is 0 Å². The van der Waals surface area contributed by atoms with Crippen molar-refractivity contribution in [2.45, 2.75) is 53.9 Å². The topological polar surface area (TPSA) is 50.8 Å². The molecular formula is C18H19F4O4S2-. The Kier molecular flexibility index (Phi) is 6.16.